The maximum absolute atomic E-state index is 5.40. The van der Waals surface area contributed by atoms with Gasteiger partial charge in [-0.3, -0.25) is 4.57 Å². The van der Waals surface area contributed by atoms with Gasteiger partial charge < -0.3 is 4.57 Å². The summed E-state index contributed by atoms with van der Waals surface area (Å²) in [5, 5.41) is 4.65. The van der Waals surface area contributed by atoms with Crippen LogP contribution < -0.4 is 0 Å². The molecular formula is C43H30N4. The van der Waals surface area contributed by atoms with Crippen molar-refractivity contribution in [3.8, 4) is 34.0 Å². The highest BCUT2D eigenvalue weighted by molar-refractivity contribution is 6.18. The van der Waals surface area contributed by atoms with Crippen molar-refractivity contribution in [3.63, 3.8) is 0 Å². The van der Waals surface area contributed by atoms with E-state index in [1.54, 1.807) is 0 Å². The molecule has 3 aromatic heterocycles. The number of para-hydroxylation sites is 3. The molecule has 4 nitrogen and oxygen atoms in total. The summed E-state index contributed by atoms with van der Waals surface area (Å²) in [5.41, 5.74) is 12.5. The minimum atomic E-state index is -0.114. The monoisotopic (exact) mass is 602 g/mol. The van der Waals surface area contributed by atoms with Gasteiger partial charge in [0, 0.05) is 43.9 Å². The Balaban J connectivity index is 1.26. The number of aromatic nitrogens is 4. The fraction of sp³-hybridized carbons (Fsp3) is 0.0698. The van der Waals surface area contributed by atoms with E-state index in [0.29, 0.717) is 5.95 Å². The van der Waals surface area contributed by atoms with Crippen molar-refractivity contribution in [2.24, 2.45) is 0 Å². The van der Waals surface area contributed by atoms with E-state index in [-0.39, 0.29) is 5.41 Å². The molecule has 1 aliphatic heterocycles. The summed E-state index contributed by atoms with van der Waals surface area (Å²) >= 11 is 0. The van der Waals surface area contributed by atoms with Gasteiger partial charge in [0.25, 0.3) is 0 Å². The predicted octanol–water partition coefficient (Wildman–Crippen LogP) is 10.6. The molecule has 1 aliphatic rings. The van der Waals surface area contributed by atoms with Crippen LogP contribution in [0.25, 0.3) is 77.6 Å². The maximum Gasteiger partial charge on any atom is 0.235 e. The molecule has 47 heavy (non-hydrogen) atoms. The molecule has 0 spiro atoms. The molecule has 0 saturated carbocycles. The van der Waals surface area contributed by atoms with Gasteiger partial charge in [-0.2, -0.15) is 0 Å². The number of rotatable bonds is 3. The highest BCUT2D eigenvalue weighted by atomic mass is 15.2. The van der Waals surface area contributed by atoms with Gasteiger partial charge in [0.1, 0.15) is 0 Å². The summed E-state index contributed by atoms with van der Waals surface area (Å²) in [7, 11) is 0. The van der Waals surface area contributed by atoms with Gasteiger partial charge in [-0.25, -0.2) is 9.97 Å². The molecule has 0 atom stereocenters. The van der Waals surface area contributed by atoms with Gasteiger partial charge in [0.2, 0.25) is 5.95 Å². The van der Waals surface area contributed by atoms with Crippen molar-refractivity contribution in [2.75, 3.05) is 0 Å². The minimum absolute atomic E-state index is 0.114. The van der Waals surface area contributed by atoms with Crippen molar-refractivity contribution in [1.82, 2.24) is 19.1 Å². The molecule has 0 aliphatic carbocycles. The van der Waals surface area contributed by atoms with Crippen molar-refractivity contribution < 1.29 is 0 Å². The van der Waals surface area contributed by atoms with E-state index >= 15 is 0 Å². The second kappa shape index (κ2) is 9.51. The maximum atomic E-state index is 5.40. The van der Waals surface area contributed by atoms with Crippen molar-refractivity contribution in [2.45, 2.75) is 19.3 Å². The average Bonchev–Trinajstić information content (AvgIpc) is 3.75. The minimum Gasteiger partial charge on any atom is -0.312 e. The molecule has 9 aromatic rings. The Kier molecular flexibility index (Phi) is 5.31. The summed E-state index contributed by atoms with van der Waals surface area (Å²) < 4.78 is 4.74. The van der Waals surface area contributed by atoms with Crippen molar-refractivity contribution >= 4 is 43.6 Å². The van der Waals surface area contributed by atoms with Crippen LogP contribution in [-0.2, 0) is 5.41 Å². The molecule has 222 valence electrons. The number of fused-ring (bicyclic) bond motifs is 10. The summed E-state index contributed by atoms with van der Waals surface area (Å²) in [6, 6.07) is 52.0. The first-order valence-electron chi connectivity index (χ1n) is 16.2. The Morgan fingerprint density at radius 2 is 1.15 bits per heavy atom. The second-order valence-electron chi connectivity index (χ2n) is 13.1. The zero-order chi connectivity index (χ0) is 31.3. The third kappa shape index (κ3) is 3.64. The highest BCUT2D eigenvalue weighted by Gasteiger charge is 2.37. The smallest absolute Gasteiger partial charge is 0.235 e. The quantitative estimate of drug-likeness (QED) is 0.202. The highest BCUT2D eigenvalue weighted by Crippen LogP contribution is 2.48. The Bertz CT molecular complexity index is 2690. The summed E-state index contributed by atoms with van der Waals surface area (Å²) in [6.07, 6.45) is 0. The molecule has 10 rings (SSSR count). The lowest BCUT2D eigenvalue weighted by Gasteiger charge is -2.18. The Hall–Kier alpha value is -6.00. The molecular weight excluding hydrogens is 573 g/mol. The van der Waals surface area contributed by atoms with Crippen LogP contribution in [0.15, 0.2) is 146 Å². The summed E-state index contributed by atoms with van der Waals surface area (Å²) in [4.78, 5) is 10.6. The van der Waals surface area contributed by atoms with Crippen LogP contribution in [0.4, 0.5) is 0 Å². The first kappa shape index (κ1) is 26.2. The van der Waals surface area contributed by atoms with E-state index < -0.39 is 0 Å². The van der Waals surface area contributed by atoms with Gasteiger partial charge in [0.05, 0.1) is 27.8 Å². The largest absolute Gasteiger partial charge is 0.312 e. The molecule has 0 radical (unpaired) electrons. The lowest BCUT2D eigenvalue weighted by molar-refractivity contribution is 0.645. The van der Waals surface area contributed by atoms with Crippen LogP contribution in [0.3, 0.4) is 0 Å². The molecule has 0 N–H and O–H groups in total. The van der Waals surface area contributed by atoms with E-state index in [2.05, 4.69) is 169 Å². The molecule has 0 fully saturated rings. The first-order chi connectivity index (χ1) is 23.1. The van der Waals surface area contributed by atoms with Crippen LogP contribution in [-0.4, -0.2) is 19.1 Å². The van der Waals surface area contributed by atoms with Crippen molar-refractivity contribution in [3.05, 3.63) is 157 Å². The second-order valence-corrected chi connectivity index (χ2v) is 13.1. The zero-order valence-corrected chi connectivity index (χ0v) is 26.1. The summed E-state index contributed by atoms with van der Waals surface area (Å²) in [6.45, 7) is 4.66. The first-order valence-corrected chi connectivity index (χ1v) is 16.2. The molecule has 4 heteroatoms. The summed E-state index contributed by atoms with van der Waals surface area (Å²) in [5.74, 6) is 0.676. The Labute approximate surface area is 272 Å². The van der Waals surface area contributed by atoms with Gasteiger partial charge in [-0.05, 0) is 47.0 Å². The van der Waals surface area contributed by atoms with Crippen LogP contribution in [0.2, 0.25) is 0 Å². The fourth-order valence-corrected chi connectivity index (χ4v) is 7.84. The zero-order valence-electron chi connectivity index (χ0n) is 26.1. The Morgan fingerprint density at radius 1 is 0.489 bits per heavy atom. The normalized spacial score (nSPS) is 13.5. The third-order valence-corrected chi connectivity index (χ3v) is 10.1. The van der Waals surface area contributed by atoms with Crippen LogP contribution >= 0.6 is 0 Å². The van der Waals surface area contributed by atoms with Gasteiger partial charge in [0.15, 0.2) is 0 Å². The van der Waals surface area contributed by atoms with Gasteiger partial charge in [-0.1, -0.05) is 129 Å². The van der Waals surface area contributed by atoms with E-state index in [4.69, 9.17) is 9.97 Å². The molecule has 6 aromatic carbocycles. The predicted molar refractivity (Wildman–Crippen MR) is 194 cm³/mol. The number of hydrogen-bond donors (Lipinski definition) is 0. The van der Waals surface area contributed by atoms with E-state index in [1.165, 1.54) is 49.7 Å². The molecule has 0 amide bonds. The SMILES string of the molecule is CC1(C)c2ccccc2-n2c1cc1c2ccc2c3ccccc3n(-c3nc(-c4ccc(-c5ccccc5)cc4)c4ccccc4n3)c21. The topological polar surface area (TPSA) is 35.6 Å². The van der Waals surface area contributed by atoms with E-state index in [1.807, 2.05) is 0 Å². The van der Waals surface area contributed by atoms with E-state index in [9.17, 15) is 0 Å². The number of hydrogen-bond acceptors (Lipinski definition) is 2. The van der Waals surface area contributed by atoms with Crippen LogP contribution in [0.5, 0.6) is 0 Å². The number of nitrogens with zero attached hydrogens (tertiary/aromatic N) is 4. The van der Waals surface area contributed by atoms with Gasteiger partial charge >= 0.3 is 0 Å². The standard InChI is InChI=1S/C43H30N4/c1-43(2)34-16-8-11-19-38(34)46-37-25-24-31-30-14-7-10-18-36(30)47(41(31)33(37)26-39(43)46)42-44-35-17-9-6-15-32(35)40(45-42)29-22-20-28(21-23-29)27-12-4-3-5-13-27/h3-26H,1-2H3. The Morgan fingerprint density at radius 3 is 2.00 bits per heavy atom. The molecule has 0 unspecified atom stereocenters. The molecule has 0 saturated heterocycles. The fourth-order valence-electron chi connectivity index (χ4n) is 7.84. The van der Waals surface area contributed by atoms with Gasteiger partial charge in [-0.15, -0.1) is 0 Å². The van der Waals surface area contributed by atoms with Crippen molar-refractivity contribution in [1.29, 1.82) is 0 Å². The third-order valence-electron chi connectivity index (χ3n) is 10.1. The molecule has 0 bridgehead atoms. The van der Waals surface area contributed by atoms with Crippen LogP contribution in [0.1, 0.15) is 25.1 Å². The average molecular weight is 603 g/mol. The van der Waals surface area contributed by atoms with Crippen LogP contribution in [0, 0.1) is 0 Å². The molecule has 4 heterocycles. The van der Waals surface area contributed by atoms with E-state index in [0.717, 1.165) is 33.2 Å². The lowest BCUT2D eigenvalue weighted by Crippen LogP contribution is -2.14. The number of benzene rings is 6. The lowest BCUT2D eigenvalue weighted by atomic mass is 9.83.